The summed E-state index contributed by atoms with van der Waals surface area (Å²) in [5.41, 5.74) is 4.91. The van der Waals surface area contributed by atoms with Gasteiger partial charge in [0.05, 0.1) is 11.5 Å². The lowest BCUT2D eigenvalue weighted by molar-refractivity contribution is -0.142. The summed E-state index contributed by atoms with van der Waals surface area (Å²) in [6, 6.07) is 0. The second kappa shape index (κ2) is 10.8. The number of hydrogen-bond acceptors (Lipinski definition) is 4. The summed E-state index contributed by atoms with van der Waals surface area (Å²) in [6.45, 7) is 10.8. The molecule has 0 rings (SSSR count). The van der Waals surface area contributed by atoms with Crippen molar-refractivity contribution in [3.8, 4) is 0 Å². The van der Waals surface area contributed by atoms with E-state index in [2.05, 4.69) is 26.1 Å². The zero-order valence-corrected chi connectivity index (χ0v) is 16.3. The molecule has 0 aliphatic carbocycles. The normalized spacial score (nSPS) is 15.8. The van der Waals surface area contributed by atoms with E-state index in [9.17, 15) is 9.59 Å². The molecule has 0 aromatic rings. The van der Waals surface area contributed by atoms with Crippen LogP contribution in [-0.2, 0) is 9.59 Å². The quantitative estimate of drug-likeness (QED) is 0.420. The minimum Gasteiger partial charge on any atom is -0.481 e. The Bertz CT molecular complexity index is 396. The Hall–Kier alpha value is -0.940. The second-order valence-corrected chi connectivity index (χ2v) is 7.68. The standard InChI is InChI=1S/C19H38N2O3/c1-6-18(3,4)21-19(5,7-2)16(22)12-10-8-9-11-15(13-14-20)17(23)24/h15,21H,6-14,20H2,1-5H3,(H,23,24). The molecule has 0 fully saturated rings. The summed E-state index contributed by atoms with van der Waals surface area (Å²) >= 11 is 0. The number of nitrogens with two attached hydrogens (primary N) is 1. The Balaban J connectivity index is 4.29. The van der Waals surface area contributed by atoms with Gasteiger partial charge >= 0.3 is 5.97 Å². The number of ketones is 1. The van der Waals surface area contributed by atoms with Crippen LogP contribution < -0.4 is 11.1 Å². The Morgan fingerprint density at radius 2 is 1.67 bits per heavy atom. The third kappa shape index (κ3) is 8.25. The molecule has 0 saturated heterocycles. The molecule has 0 aromatic carbocycles. The highest BCUT2D eigenvalue weighted by molar-refractivity contribution is 5.88. The van der Waals surface area contributed by atoms with Crippen molar-refractivity contribution in [2.24, 2.45) is 11.7 Å². The van der Waals surface area contributed by atoms with Gasteiger partial charge in [0.15, 0.2) is 5.78 Å². The molecule has 24 heavy (non-hydrogen) atoms. The molecule has 0 spiro atoms. The predicted octanol–water partition coefficient (Wildman–Crippen LogP) is 3.50. The van der Waals surface area contributed by atoms with Crippen molar-refractivity contribution in [3.05, 3.63) is 0 Å². The van der Waals surface area contributed by atoms with Gasteiger partial charge in [0.2, 0.25) is 0 Å². The van der Waals surface area contributed by atoms with Gasteiger partial charge in [0.1, 0.15) is 0 Å². The molecule has 0 saturated carbocycles. The minimum absolute atomic E-state index is 0.0582. The lowest BCUT2D eigenvalue weighted by atomic mass is 9.85. The largest absolute Gasteiger partial charge is 0.481 e. The van der Waals surface area contributed by atoms with Crippen LogP contribution in [0.3, 0.4) is 0 Å². The molecule has 2 atom stereocenters. The maximum atomic E-state index is 12.6. The fourth-order valence-electron chi connectivity index (χ4n) is 2.91. The number of hydrogen-bond donors (Lipinski definition) is 3. The van der Waals surface area contributed by atoms with E-state index in [1.165, 1.54) is 0 Å². The van der Waals surface area contributed by atoms with Crippen molar-refractivity contribution in [2.45, 2.75) is 97.1 Å². The monoisotopic (exact) mass is 342 g/mol. The van der Waals surface area contributed by atoms with E-state index in [1.54, 1.807) is 0 Å². The van der Waals surface area contributed by atoms with Gasteiger partial charge in [0, 0.05) is 12.0 Å². The van der Waals surface area contributed by atoms with E-state index < -0.39 is 11.5 Å². The highest BCUT2D eigenvalue weighted by Gasteiger charge is 2.34. The van der Waals surface area contributed by atoms with E-state index >= 15 is 0 Å². The van der Waals surface area contributed by atoms with E-state index in [0.717, 1.165) is 32.1 Å². The van der Waals surface area contributed by atoms with Crippen LogP contribution in [0.1, 0.15) is 86.0 Å². The molecule has 5 heteroatoms. The first-order chi connectivity index (χ1) is 11.1. The van der Waals surface area contributed by atoms with E-state index in [-0.39, 0.29) is 17.2 Å². The van der Waals surface area contributed by atoms with Gasteiger partial charge in [-0.15, -0.1) is 0 Å². The highest BCUT2D eigenvalue weighted by Crippen LogP contribution is 2.22. The summed E-state index contributed by atoms with van der Waals surface area (Å²) in [5, 5.41) is 12.6. The van der Waals surface area contributed by atoms with E-state index in [4.69, 9.17) is 10.8 Å². The third-order valence-electron chi connectivity index (χ3n) is 5.14. The molecular weight excluding hydrogens is 304 g/mol. The van der Waals surface area contributed by atoms with Crippen LogP contribution in [0.15, 0.2) is 0 Å². The third-order valence-corrected chi connectivity index (χ3v) is 5.14. The van der Waals surface area contributed by atoms with E-state index in [0.29, 0.717) is 25.8 Å². The van der Waals surface area contributed by atoms with Crippen molar-refractivity contribution in [3.63, 3.8) is 0 Å². The average Bonchev–Trinajstić information content (AvgIpc) is 2.52. The number of carboxylic acids is 1. The molecule has 0 aromatic heterocycles. The van der Waals surface area contributed by atoms with Crippen LogP contribution in [0.5, 0.6) is 0 Å². The molecular formula is C19H38N2O3. The van der Waals surface area contributed by atoms with Crippen LogP contribution in [0, 0.1) is 5.92 Å². The van der Waals surface area contributed by atoms with Crippen molar-refractivity contribution in [2.75, 3.05) is 6.54 Å². The summed E-state index contributed by atoms with van der Waals surface area (Å²) in [7, 11) is 0. The summed E-state index contributed by atoms with van der Waals surface area (Å²) < 4.78 is 0. The first-order valence-corrected chi connectivity index (χ1v) is 9.37. The lowest BCUT2D eigenvalue weighted by Crippen LogP contribution is -2.57. The first-order valence-electron chi connectivity index (χ1n) is 9.37. The predicted molar refractivity (Wildman–Crippen MR) is 99.1 cm³/mol. The van der Waals surface area contributed by atoms with Crippen LogP contribution in [-0.4, -0.2) is 34.5 Å². The van der Waals surface area contributed by atoms with Crippen molar-refractivity contribution in [1.29, 1.82) is 0 Å². The molecule has 5 nitrogen and oxygen atoms in total. The van der Waals surface area contributed by atoms with Gasteiger partial charge < -0.3 is 16.2 Å². The molecule has 2 unspecified atom stereocenters. The van der Waals surface area contributed by atoms with Crippen molar-refractivity contribution < 1.29 is 14.7 Å². The Morgan fingerprint density at radius 1 is 1.04 bits per heavy atom. The SMILES string of the molecule is CCC(C)(C)NC(C)(CC)C(=O)CCCCCC(CCN)C(=O)O. The van der Waals surface area contributed by atoms with Crippen LogP contribution >= 0.6 is 0 Å². The zero-order chi connectivity index (χ0) is 18.8. The zero-order valence-electron chi connectivity index (χ0n) is 16.3. The number of carbonyl (C=O) groups is 2. The summed E-state index contributed by atoms with van der Waals surface area (Å²) in [5.74, 6) is -0.858. The number of nitrogens with one attached hydrogen (secondary N) is 1. The van der Waals surface area contributed by atoms with Gasteiger partial charge in [-0.05, 0) is 59.4 Å². The van der Waals surface area contributed by atoms with Crippen LogP contribution in [0.2, 0.25) is 0 Å². The Kier molecular flexibility index (Phi) is 10.4. The number of carboxylic acid groups (broad SMARTS) is 1. The first kappa shape index (κ1) is 23.1. The van der Waals surface area contributed by atoms with Crippen LogP contribution in [0.25, 0.3) is 0 Å². The fourth-order valence-corrected chi connectivity index (χ4v) is 2.91. The Morgan fingerprint density at radius 3 is 2.12 bits per heavy atom. The fraction of sp³-hybridized carbons (Fsp3) is 0.895. The van der Waals surface area contributed by atoms with Gasteiger partial charge in [-0.25, -0.2) is 0 Å². The number of unbranched alkanes of at least 4 members (excludes halogenated alkanes) is 2. The maximum Gasteiger partial charge on any atom is 0.306 e. The molecule has 142 valence electrons. The minimum atomic E-state index is -0.763. The maximum absolute atomic E-state index is 12.6. The van der Waals surface area contributed by atoms with Crippen LogP contribution in [0.4, 0.5) is 0 Å². The summed E-state index contributed by atoms with van der Waals surface area (Å²) in [4.78, 5) is 23.7. The topological polar surface area (TPSA) is 92.4 Å². The molecule has 0 amide bonds. The van der Waals surface area contributed by atoms with E-state index in [1.807, 2.05) is 13.8 Å². The molecule has 0 bridgehead atoms. The Labute approximate surface area is 147 Å². The van der Waals surface area contributed by atoms with Gasteiger partial charge in [-0.3, -0.25) is 9.59 Å². The second-order valence-electron chi connectivity index (χ2n) is 7.68. The lowest BCUT2D eigenvalue weighted by Gasteiger charge is -2.37. The molecule has 4 N–H and O–H groups in total. The van der Waals surface area contributed by atoms with Crippen molar-refractivity contribution >= 4 is 11.8 Å². The van der Waals surface area contributed by atoms with Crippen molar-refractivity contribution in [1.82, 2.24) is 5.32 Å². The average molecular weight is 343 g/mol. The molecule has 0 aliphatic heterocycles. The summed E-state index contributed by atoms with van der Waals surface area (Å²) in [6.07, 6.45) is 5.99. The molecule has 0 radical (unpaired) electrons. The number of carbonyl (C=O) groups excluding carboxylic acids is 1. The molecule has 0 heterocycles. The number of aliphatic carboxylic acids is 1. The van der Waals surface area contributed by atoms with Gasteiger partial charge in [0.25, 0.3) is 0 Å². The highest BCUT2D eigenvalue weighted by atomic mass is 16.4. The molecule has 0 aliphatic rings. The number of Topliss-reactive ketones (excluding diaryl/α,β-unsaturated/α-hetero) is 1. The number of rotatable bonds is 14. The van der Waals surface area contributed by atoms with Gasteiger partial charge in [-0.1, -0.05) is 26.7 Å². The smallest absolute Gasteiger partial charge is 0.306 e. The van der Waals surface area contributed by atoms with Gasteiger partial charge in [-0.2, -0.15) is 0 Å².